The van der Waals surface area contributed by atoms with Gasteiger partial charge in [-0.25, -0.2) is 4.98 Å². The molecule has 0 bridgehead atoms. The van der Waals surface area contributed by atoms with Crippen molar-refractivity contribution < 1.29 is 19.0 Å². The zero-order valence-electron chi connectivity index (χ0n) is 19.0. The highest BCUT2D eigenvalue weighted by Crippen LogP contribution is 2.38. The number of carbonyl (C=O) groups is 1. The Morgan fingerprint density at radius 2 is 1.50 bits per heavy atom. The highest BCUT2D eigenvalue weighted by molar-refractivity contribution is 5.95. The SMILES string of the molecule is COc1cc(C(=O)N2CCN(c3ccnc(N4CCCCC4)n3)CC2)cc(OC)c1OC. The fraction of sp³-hybridized carbons (Fsp3) is 0.522. The third kappa shape index (κ3) is 4.51. The third-order valence-corrected chi connectivity index (χ3v) is 6.07. The smallest absolute Gasteiger partial charge is 0.254 e. The molecule has 2 aromatic rings. The lowest BCUT2D eigenvalue weighted by atomic mass is 10.1. The van der Waals surface area contributed by atoms with E-state index in [0.29, 0.717) is 49.0 Å². The van der Waals surface area contributed by atoms with E-state index in [4.69, 9.17) is 19.2 Å². The van der Waals surface area contributed by atoms with Crippen molar-refractivity contribution >= 4 is 17.7 Å². The van der Waals surface area contributed by atoms with Crippen molar-refractivity contribution in [2.24, 2.45) is 0 Å². The highest BCUT2D eigenvalue weighted by Gasteiger charge is 2.26. The Balaban J connectivity index is 1.43. The summed E-state index contributed by atoms with van der Waals surface area (Å²) in [6, 6.07) is 5.35. The average molecular weight is 442 g/mol. The molecule has 0 N–H and O–H groups in total. The molecular formula is C23H31N5O4. The minimum Gasteiger partial charge on any atom is -0.493 e. The molecule has 2 fully saturated rings. The number of amides is 1. The van der Waals surface area contributed by atoms with Crippen molar-refractivity contribution in [2.45, 2.75) is 19.3 Å². The fourth-order valence-electron chi connectivity index (χ4n) is 4.29. The molecular weight excluding hydrogens is 410 g/mol. The van der Waals surface area contributed by atoms with E-state index in [1.807, 2.05) is 17.2 Å². The molecule has 9 nitrogen and oxygen atoms in total. The molecule has 1 aromatic carbocycles. The summed E-state index contributed by atoms with van der Waals surface area (Å²) in [6.45, 7) is 4.68. The van der Waals surface area contributed by atoms with Crippen molar-refractivity contribution in [1.29, 1.82) is 0 Å². The molecule has 9 heteroatoms. The highest BCUT2D eigenvalue weighted by atomic mass is 16.5. The standard InChI is InChI=1S/C23H31N5O4/c1-30-18-15-17(16-19(31-2)21(18)32-3)22(29)27-13-11-26(12-14-27)20-7-8-24-23(25-20)28-9-5-4-6-10-28/h7-8,15-16H,4-6,9-14H2,1-3H3. The quantitative estimate of drug-likeness (QED) is 0.676. The number of hydrogen-bond acceptors (Lipinski definition) is 8. The fourth-order valence-corrected chi connectivity index (χ4v) is 4.29. The minimum absolute atomic E-state index is 0.0550. The van der Waals surface area contributed by atoms with Crippen LogP contribution in [0.1, 0.15) is 29.6 Å². The van der Waals surface area contributed by atoms with E-state index in [1.54, 1.807) is 33.5 Å². The first-order valence-electron chi connectivity index (χ1n) is 11.1. The topological polar surface area (TPSA) is 80.3 Å². The first-order chi connectivity index (χ1) is 15.6. The van der Waals surface area contributed by atoms with Gasteiger partial charge in [0.15, 0.2) is 11.5 Å². The van der Waals surface area contributed by atoms with Crippen molar-refractivity contribution in [3.63, 3.8) is 0 Å². The molecule has 2 aliphatic heterocycles. The van der Waals surface area contributed by atoms with Gasteiger partial charge in [-0.05, 0) is 37.5 Å². The molecule has 172 valence electrons. The van der Waals surface area contributed by atoms with E-state index in [0.717, 1.165) is 24.9 Å². The predicted octanol–water partition coefficient (Wildman–Crippen LogP) is 2.46. The van der Waals surface area contributed by atoms with Crippen LogP contribution in [0.15, 0.2) is 24.4 Å². The number of piperazine rings is 1. The Hall–Kier alpha value is -3.23. The summed E-state index contributed by atoms with van der Waals surface area (Å²) in [5.41, 5.74) is 0.516. The number of nitrogens with zero attached hydrogens (tertiary/aromatic N) is 5. The molecule has 32 heavy (non-hydrogen) atoms. The summed E-state index contributed by atoms with van der Waals surface area (Å²) in [5.74, 6) is 3.09. The van der Waals surface area contributed by atoms with Crippen LogP contribution in [0.3, 0.4) is 0 Å². The second-order valence-corrected chi connectivity index (χ2v) is 7.96. The number of aromatic nitrogens is 2. The van der Waals surface area contributed by atoms with E-state index < -0.39 is 0 Å². The maximum atomic E-state index is 13.2. The molecule has 0 spiro atoms. The summed E-state index contributed by atoms with van der Waals surface area (Å²) in [4.78, 5) is 28.8. The van der Waals surface area contributed by atoms with Crippen LogP contribution < -0.4 is 24.0 Å². The number of rotatable bonds is 6. The van der Waals surface area contributed by atoms with Gasteiger partial charge in [-0.2, -0.15) is 4.98 Å². The summed E-state index contributed by atoms with van der Waals surface area (Å²) >= 11 is 0. The van der Waals surface area contributed by atoms with Gasteiger partial charge in [0.25, 0.3) is 5.91 Å². The van der Waals surface area contributed by atoms with Crippen LogP contribution in [0.5, 0.6) is 17.2 Å². The Morgan fingerprint density at radius 3 is 2.09 bits per heavy atom. The van der Waals surface area contributed by atoms with Crippen LogP contribution in [0.25, 0.3) is 0 Å². The number of ether oxygens (including phenoxy) is 3. The molecule has 1 aromatic heterocycles. The van der Waals surface area contributed by atoms with Gasteiger partial charge in [-0.3, -0.25) is 4.79 Å². The Labute approximate surface area is 188 Å². The summed E-state index contributed by atoms with van der Waals surface area (Å²) in [7, 11) is 4.64. The molecule has 0 saturated carbocycles. The van der Waals surface area contributed by atoms with Crippen LogP contribution in [0.2, 0.25) is 0 Å². The normalized spacial score (nSPS) is 16.7. The van der Waals surface area contributed by atoms with E-state index in [1.165, 1.54) is 19.3 Å². The first kappa shape index (κ1) is 22.0. The number of piperidine rings is 1. The van der Waals surface area contributed by atoms with Crippen LogP contribution in [-0.2, 0) is 0 Å². The van der Waals surface area contributed by atoms with Gasteiger partial charge < -0.3 is 28.9 Å². The molecule has 4 rings (SSSR count). The molecule has 3 heterocycles. The van der Waals surface area contributed by atoms with Gasteiger partial charge in [-0.1, -0.05) is 0 Å². The zero-order chi connectivity index (χ0) is 22.5. The molecule has 2 aliphatic rings. The van der Waals surface area contributed by atoms with E-state index in [9.17, 15) is 4.79 Å². The van der Waals surface area contributed by atoms with Crippen molar-refractivity contribution in [3.8, 4) is 17.2 Å². The van der Waals surface area contributed by atoms with Crippen LogP contribution in [0.4, 0.5) is 11.8 Å². The predicted molar refractivity (Wildman–Crippen MR) is 122 cm³/mol. The number of carbonyl (C=O) groups excluding carboxylic acids is 1. The Kier molecular flexibility index (Phi) is 6.82. The first-order valence-corrected chi connectivity index (χ1v) is 11.1. The number of hydrogen-bond donors (Lipinski definition) is 0. The van der Waals surface area contributed by atoms with E-state index in [2.05, 4.69) is 14.8 Å². The molecule has 0 atom stereocenters. The van der Waals surface area contributed by atoms with Crippen LogP contribution in [0, 0.1) is 0 Å². The Bertz CT molecular complexity index is 915. The third-order valence-electron chi connectivity index (χ3n) is 6.07. The van der Waals surface area contributed by atoms with Gasteiger partial charge in [0, 0.05) is 51.0 Å². The summed E-state index contributed by atoms with van der Waals surface area (Å²) in [5, 5.41) is 0. The van der Waals surface area contributed by atoms with Gasteiger partial charge in [0.05, 0.1) is 21.3 Å². The zero-order valence-corrected chi connectivity index (χ0v) is 19.0. The number of methoxy groups -OCH3 is 3. The lowest BCUT2D eigenvalue weighted by Crippen LogP contribution is -2.49. The van der Waals surface area contributed by atoms with Crippen molar-refractivity contribution in [1.82, 2.24) is 14.9 Å². The largest absolute Gasteiger partial charge is 0.493 e. The van der Waals surface area contributed by atoms with E-state index in [-0.39, 0.29) is 5.91 Å². The molecule has 0 radical (unpaired) electrons. The summed E-state index contributed by atoms with van der Waals surface area (Å²) < 4.78 is 16.1. The van der Waals surface area contributed by atoms with Crippen molar-refractivity contribution in [2.75, 3.05) is 70.4 Å². The second kappa shape index (κ2) is 9.93. The van der Waals surface area contributed by atoms with Gasteiger partial charge >= 0.3 is 0 Å². The molecule has 2 saturated heterocycles. The van der Waals surface area contributed by atoms with Crippen LogP contribution >= 0.6 is 0 Å². The van der Waals surface area contributed by atoms with Crippen molar-refractivity contribution in [3.05, 3.63) is 30.0 Å². The monoisotopic (exact) mass is 441 g/mol. The summed E-state index contributed by atoms with van der Waals surface area (Å²) in [6.07, 6.45) is 5.49. The lowest BCUT2D eigenvalue weighted by Gasteiger charge is -2.36. The minimum atomic E-state index is -0.0550. The average Bonchev–Trinajstić information content (AvgIpc) is 2.88. The Morgan fingerprint density at radius 1 is 0.844 bits per heavy atom. The van der Waals surface area contributed by atoms with Crippen LogP contribution in [-0.4, -0.2) is 81.4 Å². The van der Waals surface area contributed by atoms with E-state index >= 15 is 0 Å². The maximum absolute atomic E-state index is 13.2. The van der Waals surface area contributed by atoms with Gasteiger partial charge in [0.1, 0.15) is 5.82 Å². The number of benzene rings is 1. The maximum Gasteiger partial charge on any atom is 0.254 e. The number of anilines is 2. The molecule has 0 unspecified atom stereocenters. The lowest BCUT2D eigenvalue weighted by molar-refractivity contribution is 0.0745. The molecule has 0 aliphatic carbocycles. The second-order valence-electron chi connectivity index (χ2n) is 7.96. The van der Waals surface area contributed by atoms with Gasteiger partial charge in [0.2, 0.25) is 11.7 Å². The van der Waals surface area contributed by atoms with Gasteiger partial charge in [-0.15, -0.1) is 0 Å². The molecule has 1 amide bonds.